The lowest BCUT2D eigenvalue weighted by Crippen LogP contribution is -2.42. The van der Waals surface area contributed by atoms with E-state index in [-0.39, 0.29) is 0 Å². The molecule has 0 aromatic carbocycles. The van der Waals surface area contributed by atoms with Crippen LogP contribution in [0.25, 0.3) is 0 Å². The molecule has 2 aliphatic rings. The third-order valence-corrected chi connectivity index (χ3v) is 4.11. The number of nitrogens with zero attached hydrogens (tertiary/aromatic N) is 3. The van der Waals surface area contributed by atoms with E-state index in [2.05, 4.69) is 26.5 Å². The van der Waals surface area contributed by atoms with E-state index in [4.69, 9.17) is 0 Å². The highest BCUT2D eigenvalue weighted by molar-refractivity contribution is 5.52. The van der Waals surface area contributed by atoms with Crippen molar-refractivity contribution in [3.63, 3.8) is 0 Å². The Hall–Kier alpha value is -1.20. The van der Waals surface area contributed by atoms with Crippen LogP contribution in [0.1, 0.15) is 24.5 Å². The average molecular weight is 248 g/mol. The van der Waals surface area contributed by atoms with E-state index < -0.39 is 0 Å². The predicted octanol–water partition coefficient (Wildman–Crippen LogP) is 0.372. The lowest BCUT2D eigenvalue weighted by Gasteiger charge is -2.36. The standard InChI is InChI=1S/C13H20N4O/c18-9-10-2-5-17(6-3-10)12-1-4-15-16-13(12)11-7-14-8-11/h1,4,10-11,14,18H,2-3,5-9H2. The van der Waals surface area contributed by atoms with Crippen LogP contribution in [0.15, 0.2) is 12.3 Å². The molecule has 0 bridgehead atoms. The van der Waals surface area contributed by atoms with Gasteiger partial charge in [0.2, 0.25) is 0 Å². The first kappa shape index (κ1) is 11.9. The van der Waals surface area contributed by atoms with E-state index in [1.54, 1.807) is 6.20 Å². The summed E-state index contributed by atoms with van der Waals surface area (Å²) in [7, 11) is 0. The van der Waals surface area contributed by atoms with Crippen molar-refractivity contribution in [2.24, 2.45) is 5.92 Å². The largest absolute Gasteiger partial charge is 0.396 e. The Morgan fingerprint density at radius 2 is 2.11 bits per heavy atom. The third kappa shape index (κ3) is 2.20. The maximum absolute atomic E-state index is 9.19. The Kier molecular flexibility index (Phi) is 3.43. The minimum Gasteiger partial charge on any atom is -0.396 e. The van der Waals surface area contributed by atoms with Gasteiger partial charge in [-0.25, -0.2) is 0 Å². The van der Waals surface area contributed by atoms with Crippen LogP contribution < -0.4 is 10.2 Å². The number of nitrogens with one attached hydrogen (secondary N) is 1. The number of hydrogen-bond acceptors (Lipinski definition) is 5. The van der Waals surface area contributed by atoms with Crippen LogP contribution in [-0.4, -0.2) is 48.1 Å². The summed E-state index contributed by atoms with van der Waals surface area (Å²) in [6, 6.07) is 2.08. The molecule has 2 N–H and O–H groups in total. The van der Waals surface area contributed by atoms with Gasteiger partial charge in [0.1, 0.15) is 0 Å². The molecule has 0 radical (unpaired) electrons. The van der Waals surface area contributed by atoms with Crippen LogP contribution in [0, 0.1) is 5.92 Å². The summed E-state index contributed by atoms with van der Waals surface area (Å²) in [4.78, 5) is 2.40. The van der Waals surface area contributed by atoms with Gasteiger partial charge in [-0.3, -0.25) is 0 Å². The van der Waals surface area contributed by atoms with E-state index in [1.807, 2.05) is 0 Å². The van der Waals surface area contributed by atoms with Crippen molar-refractivity contribution in [1.82, 2.24) is 15.5 Å². The van der Waals surface area contributed by atoms with Gasteiger partial charge in [0.15, 0.2) is 0 Å². The number of hydrogen-bond donors (Lipinski definition) is 2. The van der Waals surface area contributed by atoms with Gasteiger partial charge in [-0.05, 0) is 24.8 Å². The molecule has 0 saturated carbocycles. The Balaban J connectivity index is 1.75. The molecule has 3 heterocycles. The quantitative estimate of drug-likeness (QED) is 0.809. The highest BCUT2D eigenvalue weighted by Gasteiger charge is 2.27. The molecule has 0 amide bonds. The van der Waals surface area contributed by atoms with Crippen LogP contribution in [0.3, 0.4) is 0 Å². The molecule has 0 aliphatic carbocycles. The van der Waals surface area contributed by atoms with Crippen LogP contribution in [-0.2, 0) is 0 Å². The maximum Gasteiger partial charge on any atom is 0.0920 e. The maximum atomic E-state index is 9.19. The molecule has 98 valence electrons. The molecule has 3 rings (SSSR count). The van der Waals surface area contributed by atoms with Gasteiger partial charge in [-0.2, -0.15) is 10.2 Å². The molecule has 0 unspecified atom stereocenters. The first-order chi connectivity index (χ1) is 8.88. The van der Waals surface area contributed by atoms with Crippen LogP contribution in [0.5, 0.6) is 0 Å². The van der Waals surface area contributed by atoms with Crippen LogP contribution in [0.2, 0.25) is 0 Å². The van der Waals surface area contributed by atoms with Crippen LogP contribution >= 0.6 is 0 Å². The minimum atomic E-state index is 0.321. The number of aromatic nitrogens is 2. The fourth-order valence-corrected chi connectivity index (χ4v) is 2.73. The second-order valence-electron chi connectivity index (χ2n) is 5.27. The fourth-order valence-electron chi connectivity index (χ4n) is 2.73. The van der Waals surface area contributed by atoms with Gasteiger partial charge in [0.05, 0.1) is 17.6 Å². The van der Waals surface area contributed by atoms with Gasteiger partial charge in [-0.15, -0.1) is 0 Å². The van der Waals surface area contributed by atoms with Gasteiger partial charge in [0.25, 0.3) is 0 Å². The van der Waals surface area contributed by atoms with E-state index in [1.165, 1.54) is 5.69 Å². The van der Waals surface area contributed by atoms with Crippen molar-refractivity contribution >= 4 is 5.69 Å². The molecule has 1 aromatic rings. The number of rotatable bonds is 3. The molecule has 0 atom stereocenters. The average Bonchev–Trinajstić information content (AvgIpc) is 2.38. The van der Waals surface area contributed by atoms with Crippen molar-refractivity contribution < 1.29 is 5.11 Å². The lowest BCUT2D eigenvalue weighted by atomic mass is 9.94. The Bertz CT molecular complexity index is 400. The van der Waals surface area contributed by atoms with Crippen molar-refractivity contribution in [2.75, 3.05) is 37.7 Å². The highest BCUT2D eigenvalue weighted by atomic mass is 16.3. The van der Waals surface area contributed by atoms with Gasteiger partial charge in [0, 0.05) is 38.7 Å². The molecular weight excluding hydrogens is 228 g/mol. The summed E-state index contributed by atoms with van der Waals surface area (Å²) in [5.41, 5.74) is 2.38. The minimum absolute atomic E-state index is 0.321. The second kappa shape index (κ2) is 5.20. The second-order valence-corrected chi connectivity index (χ2v) is 5.27. The molecule has 5 nitrogen and oxygen atoms in total. The summed E-state index contributed by atoms with van der Waals surface area (Å²) in [6.07, 6.45) is 3.92. The summed E-state index contributed by atoms with van der Waals surface area (Å²) >= 11 is 0. The Labute approximate surface area is 107 Å². The highest BCUT2D eigenvalue weighted by Crippen LogP contribution is 2.30. The first-order valence-corrected chi connectivity index (χ1v) is 6.76. The van der Waals surface area contributed by atoms with E-state index in [0.717, 1.165) is 44.7 Å². The smallest absolute Gasteiger partial charge is 0.0920 e. The van der Waals surface area contributed by atoms with Crippen molar-refractivity contribution in [1.29, 1.82) is 0 Å². The first-order valence-electron chi connectivity index (χ1n) is 6.76. The summed E-state index contributed by atoms with van der Waals surface area (Å²) in [5, 5.41) is 20.8. The van der Waals surface area contributed by atoms with E-state index in [0.29, 0.717) is 18.4 Å². The van der Waals surface area contributed by atoms with Crippen molar-refractivity contribution in [2.45, 2.75) is 18.8 Å². The monoisotopic (exact) mass is 248 g/mol. The molecule has 2 fully saturated rings. The molecule has 2 aliphatic heterocycles. The summed E-state index contributed by atoms with van der Waals surface area (Å²) < 4.78 is 0. The third-order valence-electron chi connectivity index (χ3n) is 4.11. The molecule has 1 aromatic heterocycles. The Morgan fingerprint density at radius 1 is 1.33 bits per heavy atom. The number of aliphatic hydroxyl groups is 1. The zero-order chi connectivity index (χ0) is 12.4. The molecule has 0 spiro atoms. The van der Waals surface area contributed by atoms with Crippen molar-refractivity contribution in [3.8, 4) is 0 Å². The zero-order valence-corrected chi connectivity index (χ0v) is 10.5. The normalized spacial score (nSPS) is 21.9. The Morgan fingerprint density at radius 3 is 2.72 bits per heavy atom. The topological polar surface area (TPSA) is 61.3 Å². The number of piperidine rings is 1. The van der Waals surface area contributed by atoms with E-state index >= 15 is 0 Å². The lowest BCUT2D eigenvalue weighted by molar-refractivity contribution is 0.203. The molecule has 18 heavy (non-hydrogen) atoms. The van der Waals surface area contributed by atoms with Crippen LogP contribution in [0.4, 0.5) is 5.69 Å². The van der Waals surface area contributed by atoms with Gasteiger partial charge < -0.3 is 15.3 Å². The zero-order valence-electron chi connectivity index (χ0n) is 10.5. The molecular formula is C13H20N4O. The van der Waals surface area contributed by atoms with Crippen molar-refractivity contribution in [3.05, 3.63) is 18.0 Å². The molecule has 2 saturated heterocycles. The summed E-state index contributed by atoms with van der Waals surface area (Å²) in [6.45, 7) is 4.38. The summed E-state index contributed by atoms with van der Waals surface area (Å²) in [5.74, 6) is 0.995. The van der Waals surface area contributed by atoms with Gasteiger partial charge >= 0.3 is 0 Å². The molecule has 5 heteroatoms. The fraction of sp³-hybridized carbons (Fsp3) is 0.692. The SMILES string of the molecule is OCC1CCN(c2ccnnc2C2CNC2)CC1. The van der Waals surface area contributed by atoms with Gasteiger partial charge in [-0.1, -0.05) is 0 Å². The van der Waals surface area contributed by atoms with E-state index in [9.17, 15) is 5.11 Å². The number of aliphatic hydroxyl groups excluding tert-OH is 1. The number of anilines is 1. The predicted molar refractivity (Wildman–Crippen MR) is 69.7 cm³/mol.